The number of benzene rings is 1. The van der Waals surface area contributed by atoms with E-state index in [4.69, 9.17) is 14.5 Å². The molecule has 0 spiro atoms. The fraction of sp³-hybridized carbons (Fsp3) is 0.364. The van der Waals surface area contributed by atoms with Crippen LogP contribution >= 0.6 is 0 Å². The molecule has 1 saturated heterocycles. The number of pyridine rings is 1. The van der Waals surface area contributed by atoms with Gasteiger partial charge in [0.15, 0.2) is 11.5 Å². The molecule has 7 heteroatoms. The van der Waals surface area contributed by atoms with E-state index < -0.39 is 0 Å². The van der Waals surface area contributed by atoms with Gasteiger partial charge in [-0.2, -0.15) is 0 Å². The Balaban J connectivity index is 1.79. The molecule has 3 aromatic rings. The number of anilines is 1. The molecule has 1 N–H and O–H groups in total. The van der Waals surface area contributed by atoms with Gasteiger partial charge in [0, 0.05) is 43.5 Å². The van der Waals surface area contributed by atoms with E-state index in [-0.39, 0.29) is 5.56 Å². The third-order valence-corrected chi connectivity index (χ3v) is 5.34. The highest BCUT2D eigenvalue weighted by Crippen LogP contribution is 2.31. The van der Waals surface area contributed by atoms with E-state index in [2.05, 4.69) is 23.2 Å². The Kier molecular flexibility index (Phi) is 5.15. The number of nitrogens with one attached hydrogen (secondary N) is 1. The fourth-order valence-electron chi connectivity index (χ4n) is 3.83. The van der Waals surface area contributed by atoms with Gasteiger partial charge >= 0.3 is 0 Å². The number of rotatable bonds is 4. The first-order chi connectivity index (χ1) is 14.0. The van der Waals surface area contributed by atoms with E-state index in [1.54, 1.807) is 24.7 Å². The van der Waals surface area contributed by atoms with Crippen molar-refractivity contribution in [3.8, 4) is 22.8 Å². The van der Waals surface area contributed by atoms with Crippen LogP contribution in [0.25, 0.3) is 16.9 Å². The molecule has 0 saturated carbocycles. The lowest BCUT2D eigenvalue weighted by Gasteiger charge is -2.33. The van der Waals surface area contributed by atoms with Gasteiger partial charge in [-0.05, 0) is 43.7 Å². The molecule has 3 heterocycles. The summed E-state index contributed by atoms with van der Waals surface area (Å²) in [5.74, 6) is 1.24. The van der Waals surface area contributed by atoms with Crippen LogP contribution in [0.4, 0.5) is 5.69 Å². The molecule has 1 atom stereocenters. The number of aryl methyl sites for hydroxylation is 1. The number of methoxy groups -OCH3 is 2. The van der Waals surface area contributed by atoms with Gasteiger partial charge in [0.25, 0.3) is 5.56 Å². The topological polar surface area (TPSA) is 68.1 Å². The molecule has 1 aromatic carbocycles. The van der Waals surface area contributed by atoms with Gasteiger partial charge in [-0.25, -0.2) is 4.98 Å². The minimum Gasteiger partial charge on any atom is -0.493 e. The normalized spacial score (nSPS) is 16.8. The zero-order chi connectivity index (χ0) is 20.5. The molecular formula is C22H26N4O3. The molecule has 1 fully saturated rings. The van der Waals surface area contributed by atoms with Crippen LogP contribution in [0.5, 0.6) is 11.5 Å². The summed E-state index contributed by atoms with van der Waals surface area (Å²) >= 11 is 0. The average molecular weight is 394 g/mol. The highest BCUT2D eigenvalue weighted by molar-refractivity contribution is 5.67. The van der Waals surface area contributed by atoms with Crippen molar-refractivity contribution in [3.05, 3.63) is 52.4 Å². The van der Waals surface area contributed by atoms with Crippen LogP contribution < -0.4 is 25.2 Å². The molecule has 1 aliphatic heterocycles. The second-order valence-electron chi connectivity index (χ2n) is 7.43. The number of piperazine rings is 1. The highest BCUT2D eigenvalue weighted by atomic mass is 16.5. The summed E-state index contributed by atoms with van der Waals surface area (Å²) < 4.78 is 12.3. The van der Waals surface area contributed by atoms with Crippen LogP contribution in [0.2, 0.25) is 0 Å². The second kappa shape index (κ2) is 7.75. The van der Waals surface area contributed by atoms with E-state index in [0.717, 1.165) is 36.4 Å². The summed E-state index contributed by atoms with van der Waals surface area (Å²) in [6.07, 6.45) is 1.90. The first kappa shape index (κ1) is 19.3. The molecule has 4 rings (SSSR count). The Hall–Kier alpha value is -3.06. The minimum absolute atomic E-state index is 0.104. The first-order valence-electron chi connectivity index (χ1n) is 9.75. The Bertz CT molecular complexity index is 1110. The quantitative estimate of drug-likeness (QED) is 0.733. The Labute approximate surface area is 169 Å². The predicted octanol–water partition coefficient (Wildman–Crippen LogP) is 2.49. The van der Waals surface area contributed by atoms with Crippen molar-refractivity contribution in [2.45, 2.75) is 19.9 Å². The van der Waals surface area contributed by atoms with Crippen molar-refractivity contribution in [3.63, 3.8) is 0 Å². The number of fused-ring (bicyclic) bond motifs is 1. The van der Waals surface area contributed by atoms with Gasteiger partial charge < -0.3 is 19.7 Å². The third kappa shape index (κ3) is 3.65. The smallest absolute Gasteiger partial charge is 0.258 e. The molecule has 152 valence electrons. The van der Waals surface area contributed by atoms with Crippen LogP contribution in [0, 0.1) is 6.92 Å². The summed E-state index contributed by atoms with van der Waals surface area (Å²) in [7, 11) is 3.19. The maximum absolute atomic E-state index is 12.9. The SMILES string of the molecule is COc1ccc(-c2cc(=O)n3cc(N4CCN[C@@H](C)C4)cc(C)c3n2)cc1OC. The first-order valence-corrected chi connectivity index (χ1v) is 9.75. The maximum Gasteiger partial charge on any atom is 0.258 e. The monoisotopic (exact) mass is 394 g/mol. The predicted molar refractivity (Wildman–Crippen MR) is 114 cm³/mol. The van der Waals surface area contributed by atoms with Crippen LogP contribution in [-0.2, 0) is 0 Å². The van der Waals surface area contributed by atoms with Gasteiger partial charge in [-0.3, -0.25) is 9.20 Å². The zero-order valence-electron chi connectivity index (χ0n) is 17.2. The molecule has 0 unspecified atom stereocenters. The van der Waals surface area contributed by atoms with Crippen molar-refractivity contribution in [2.75, 3.05) is 38.8 Å². The summed E-state index contributed by atoms with van der Waals surface area (Å²) in [4.78, 5) is 20.0. The summed E-state index contributed by atoms with van der Waals surface area (Å²) in [6.45, 7) is 6.93. The Morgan fingerprint density at radius 3 is 2.66 bits per heavy atom. The molecular weight excluding hydrogens is 368 g/mol. The average Bonchev–Trinajstić information content (AvgIpc) is 2.73. The highest BCUT2D eigenvalue weighted by Gasteiger charge is 2.18. The van der Waals surface area contributed by atoms with Gasteiger partial charge in [-0.1, -0.05) is 0 Å². The number of hydrogen-bond donors (Lipinski definition) is 1. The minimum atomic E-state index is -0.104. The molecule has 29 heavy (non-hydrogen) atoms. The van der Waals surface area contributed by atoms with Crippen molar-refractivity contribution in [1.29, 1.82) is 0 Å². The van der Waals surface area contributed by atoms with Crippen molar-refractivity contribution >= 4 is 11.3 Å². The van der Waals surface area contributed by atoms with E-state index in [1.165, 1.54) is 0 Å². The second-order valence-corrected chi connectivity index (χ2v) is 7.43. The van der Waals surface area contributed by atoms with Gasteiger partial charge in [0.2, 0.25) is 0 Å². The van der Waals surface area contributed by atoms with E-state index in [0.29, 0.717) is 28.9 Å². The Morgan fingerprint density at radius 2 is 1.93 bits per heavy atom. The lowest BCUT2D eigenvalue weighted by atomic mass is 10.1. The number of hydrogen-bond acceptors (Lipinski definition) is 6. The lowest BCUT2D eigenvalue weighted by Crippen LogP contribution is -2.49. The summed E-state index contributed by atoms with van der Waals surface area (Å²) in [5, 5.41) is 3.45. The summed E-state index contributed by atoms with van der Waals surface area (Å²) in [6, 6.07) is 9.63. The van der Waals surface area contributed by atoms with Crippen LogP contribution in [0.15, 0.2) is 41.3 Å². The fourth-order valence-corrected chi connectivity index (χ4v) is 3.83. The van der Waals surface area contributed by atoms with Crippen LogP contribution in [0.1, 0.15) is 12.5 Å². The van der Waals surface area contributed by atoms with Crippen LogP contribution in [-0.4, -0.2) is 49.3 Å². The van der Waals surface area contributed by atoms with Crippen molar-refractivity contribution < 1.29 is 9.47 Å². The van der Waals surface area contributed by atoms with E-state index in [1.807, 2.05) is 31.3 Å². The van der Waals surface area contributed by atoms with Gasteiger partial charge in [0.05, 0.1) is 25.6 Å². The molecule has 0 bridgehead atoms. The van der Waals surface area contributed by atoms with Crippen molar-refractivity contribution in [2.24, 2.45) is 0 Å². The molecule has 0 aliphatic carbocycles. The number of aromatic nitrogens is 2. The Morgan fingerprint density at radius 1 is 1.14 bits per heavy atom. The number of ether oxygens (including phenoxy) is 2. The molecule has 0 radical (unpaired) electrons. The van der Waals surface area contributed by atoms with Gasteiger partial charge in [0.1, 0.15) is 5.65 Å². The molecule has 2 aromatic heterocycles. The standard InChI is InChI=1S/C22H26N4O3/c1-14-9-17(25-8-7-23-15(2)12-25)13-26-21(27)11-18(24-22(14)26)16-5-6-19(28-3)20(10-16)29-4/h5-6,9-11,13,15,23H,7-8,12H2,1-4H3/t15-/m0/s1. The zero-order valence-corrected chi connectivity index (χ0v) is 17.2. The lowest BCUT2D eigenvalue weighted by molar-refractivity contribution is 0.355. The van der Waals surface area contributed by atoms with E-state index in [9.17, 15) is 4.79 Å². The van der Waals surface area contributed by atoms with Gasteiger partial charge in [-0.15, -0.1) is 0 Å². The molecule has 1 aliphatic rings. The third-order valence-electron chi connectivity index (χ3n) is 5.34. The summed E-state index contributed by atoms with van der Waals surface area (Å²) in [5.41, 5.74) is 3.99. The largest absolute Gasteiger partial charge is 0.493 e. The number of nitrogens with zero attached hydrogens (tertiary/aromatic N) is 3. The molecule has 7 nitrogen and oxygen atoms in total. The molecule has 0 amide bonds. The van der Waals surface area contributed by atoms with Crippen LogP contribution in [0.3, 0.4) is 0 Å². The van der Waals surface area contributed by atoms with Crippen molar-refractivity contribution in [1.82, 2.24) is 14.7 Å². The maximum atomic E-state index is 12.9. The van der Waals surface area contributed by atoms with E-state index >= 15 is 0 Å².